The van der Waals surface area contributed by atoms with Crippen molar-refractivity contribution in [2.75, 3.05) is 53.6 Å². The number of morpholine rings is 1. The number of nitrogens with one attached hydrogen (secondary N) is 3. The topological polar surface area (TPSA) is 87.2 Å². The highest BCUT2D eigenvalue weighted by molar-refractivity contribution is 14.0. The van der Waals surface area contributed by atoms with Crippen LogP contribution in [0, 0.1) is 0 Å². The molecular weight excluding hydrogens is 497 g/mol. The molecule has 8 nitrogen and oxygen atoms in total. The maximum atomic E-state index is 11.8. The predicted molar refractivity (Wildman–Crippen MR) is 131 cm³/mol. The number of halogens is 1. The van der Waals surface area contributed by atoms with Crippen LogP contribution in [0.3, 0.4) is 0 Å². The highest BCUT2D eigenvalue weighted by Crippen LogP contribution is 2.23. The number of carbonyl (C=O) groups excluding carboxylic acids is 1. The maximum Gasteiger partial charge on any atom is 0.221 e. The summed E-state index contributed by atoms with van der Waals surface area (Å²) >= 11 is 0. The summed E-state index contributed by atoms with van der Waals surface area (Å²) in [5.41, 5.74) is 1.21. The first-order valence-corrected chi connectivity index (χ1v) is 10.2. The molecule has 170 valence electrons. The molecule has 3 N–H and O–H groups in total. The van der Waals surface area contributed by atoms with Crippen LogP contribution in [-0.4, -0.2) is 76.4 Å². The quantitative estimate of drug-likeness (QED) is 0.255. The number of methoxy groups -OCH3 is 1. The summed E-state index contributed by atoms with van der Waals surface area (Å²) in [5, 5.41) is 9.51. The van der Waals surface area contributed by atoms with Gasteiger partial charge in [-0.1, -0.05) is 12.1 Å². The van der Waals surface area contributed by atoms with Crippen LogP contribution in [0.2, 0.25) is 0 Å². The Labute approximate surface area is 197 Å². The van der Waals surface area contributed by atoms with E-state index in [9.17, 15) is 4.79 Å². The third-order valence-corrected chi connectivity index (χ3v) is 4.77. The highest BCUT2D eigenvalue weighted by Gasteiger charge is 2.23. The number of hydrogen-bond donors (Lipinski definition) is 3. The molecule has 9 heteroatoms. The van der Waals surface area contributed by atoms with E-state index in [2.05, 4.69) is 38.0 Å². The van der Waals surface area contributed by atoms with E-state index in [0.717, 1.165) is 32.1 Å². The summed E-state index contributed by atoms with van der Waals surface area (Å²) in [4.78, 5) is 18.5. The van der Waals surface area contributed by atoms with Gasteiger partial charge in [-0.3, -0.25) is 14.7 Å². The van der Waals surface area contributed by atoms with Crippen molar-refractivity contribution in [2.24, 2.45) is 4.99 Å². The van der Waals surface area contributed by atoms with E-state index >= 15 is 0 Å². The van der Waals surface area contributed by atoms with Crippen LogP contribution in [-0.2, 0) is 9.53 Å². The van der Waals surface area contributed by atoms with Crippen molar-refractivity contribution < 1.29 is 14.3 Å². The van der Waals surface area contributed by atoms with Gasteiger partial charge in [0, 0.05) is 45.7 Å². The fourth-order valence-electron chi connectivity index (χ4n) is 3.28. The van der Waals surface area contributed by atoms with E-state index in [-0.39, 0.29) is 42.0 Å². The van der Waals surface area contributed by atoms with Crippen molar-refractivity contribution in [1.82, 2.24) is 20.9 Å². The van der Waals surface area contributed by atoms with Crippen molar-refractivity contribution in [3.8, 4) is 5.75 Å². The van der Waals surface area contributed by atoms with Crippen LogP contribution in [0.5, 0.6) is 5.75 Å². The smallest absolute Gasteiger partial charge is 0.221 e. The summed E-state index contributed by atoms with van der Waals surface area (Å²) < 4.78 is 10.8. The molecule has 1 aromatic rings. The minimum atomic E-state index is 0. The second kappa shape index (κ2) is 14.4. The van der Waals surface area contributed by atoms with Gasteiger partial charge in [0.2, 0.25) is 5.91 Å². The lowest BCUT2D eigenvalue weighted by molar-refractivity contribution is -0.121. The van der Waals surface area contributed by atoms with E-state index in [4.69, 9.17) is 9.47 Å². The monoisotopic (exact) mass is 533 g/mol. The lowest BCUT2D eigenvalue weighted by atomic mass is 10.0. The minimum absolute atomic E-state index is 0. The average molecular weight is 533 g/mol. The van der Waals surface area contributed by atoms with Gasteiger partial charge in [0.15, 0.2) is 5.96 Å². The predicted octanol–water partition coefficient (Wildman–Crippen LogP) is 1.77. The number of hydrogen-bond acceptors (Lipinski definition) is 5. The van der Waals surface area contributed by atoms with Gasteiger partial charge in [-0.05, 0) is 31.5 Å². The third-order valence-electron chi connectivity index (χ3n) is 4.77. The Balaban J connectivity index is 0.00000450. The van der Waals surface area contributed by atoms with Gasteiger partial charge >= 0.3 is 0 Å². The molecule has 0 saturated carbocycles. The van der Waals surface area contributed by atoms with Gasteiger partial charge < -0.3 is 25.4 Å². The van der Waals surface area contributed by atoms with Crippen molar-refractivity contribution in [3.63, 3.8) is 0 Å². The number of benzene rings is 1. The molecule has 0 bridgehead atoms. The number of guanidine groups is 1. The first-order chi connectivity index (χ1) is 14.0. The zero-order valence-corrected chi connectivity index (χ0v) is 20.8. The van der Waals surface area contributed by atoms with Crippen molar-refractivity contribution in [2.45, 2.75) is 32.4 Å². The van der Waals surface area contributed by atoms with Crippen LogP contribution in [0.25, 0.3) is 0 Å². The summed E-state index contributed by atoms with van der Waals surface area (Å²) in [7, 11) is 3.41. The number of aliphatic imine (C=N–C) groups is 1. The summed E-state index contributed by atoms with van der Waals surface area (Å²) in [6, 6.07) is 8.53. The summed E-state index contributed by atoms with van der Waals surface area (Å²) in [6.07, 6.45) is 0.407. The van der Waals surface area contributed by atoms with Gasteiger partial charge in [0.1, 0.15) is 5.75 Å². The van der Waals surface area contributed by atoms with Gasteiger partial charge in [-0.25, -0.2) is 0 Å². The molecule has 1 aliphatic rings. The Bertz CT molecular complexity index is 649. The lowest BCUT2D eigenvalue weighted by Crippen LogP contribution is -2.46. The SMILES string of the molecule is CN=C(NCCC(=O)NC(C)C)NCC(c1ccc(OC)cc1)N1CCOCC1.I. The molecule has 1 atom stereocenters. The molecule has 1 unspecified atom stereocenters. The number of rotatable bonds is 9. The molecule has 1 saturated heterocycles. The maximum absolute atomic E-state index is 11.8. The number of amides is 1. The molecule has 0 spiro atoms. The Morgan fingerprint density at radius 3 is 2.43 bits per heavy atom. The van der Waals surface area contributed by atoms with E-state index in [0.29, 0.717) is 25.5 Å². The van der Waals surface area contributed by atoms with Crippen LogP contribution < -0.4 is 20.7 Å². The number of nitrogens with zero attached hydrogens (tertiary/aromatic N) is 2. The molecule has 1 aromatic carbocycles. The van der Waals surface area contributed by atoms with Crippen LogP contribution >= 0.6 is 24.0 Å². The van der Waals surface area contributed by atoms with E-state index in [1.165, 1.54) is 5.56 Å². The van der Waals surface area contributed by atoms with Crippen LogP contribution in [0.15, 0.2) is 29.3 Å². The first kappa shape index (κ1) is 26.4. The summed E-state index contributed by atoms with van der Waals surface area (Å²) in [5.74, 6) is 1.57. The Morgan fingerprint density at radius 2 is 1.87 bits per heavy atom. The normalized spacial score (nSPS) is 15.8. The van der Waals surface area contributed by atoms with Crippen molar-refractivity contribution in [1.29, 1.82) is 0 Å². The zero-order chi connectivity index (χ0) is 21.1. The zero-order valence-electron chi connectivity index (χ0n) is 18.4. The molecule has 0 aliphatic carbocycles. The largest absolute Gasteiger partial charge is 0.497 e. The van der Waals surface area contributed by atoms with Crippen molar-refractivity contribution >= 4 is 35.8 Å². The number of ether oxygens (including phenoxy) is 2. The third kappa shape index (κ3) is 9.05. The first-order valence-electron chi connectivity index (χ1n) is 10.2. The summed E-state index contributed by atoms with van der Waals surface area (Å²) in [6.45, 7) is 8.40. The Morgan fingerprint density at radius 1 is 1.20 bits per heavy atom. The van der Waals surface area contributed by atoms with E-state index in [1.54, 1.807) is 14.2 Å². The number of carbonyl (C=O) groups is 1. The minimum Gasteiger partial charge on any atom is -0.497 e. The average Bonchev–Trinajstić information content (AvgIpc) is 2.73. The van der Waals surface area contributed by atoms with Crippen LogP contribution in [0.4, 0.5) is 0 Å². The van der Waals surface area contributed by atoms with Gasteiger partial charge in [-0.2, -0.15) is 0 Å². The fraction of sp³-hybridized carbons (Fsp3) is 0.619. The molecule has 1 heterocycles. The molecular formula is C21H36IN5O3. The molecule has 1 amide bonds. The highest BCUT2D eigenvalue weighted by atomic mass is 127. The Hall–Kier alpha value is -1.59. The molecule has 2 rings (SSSR count). The molecule has 0 radical (unpaired) electrons. The van der Waals surface area contributed by atoms with Gasteiger partial charge in [-0.15, -0.1) is 24.0 Å². The van der Waals surface area contributed by atoms with Crippen LogP contribution in [0.1, 0.15) is 31.9 Å². The second-order valence-electron chi connectivity index (χ2n) is 7.29. The molecule has 1 fully saturated rings. The standard InChI is InChI=1S/C21H35N5O3.HI/c1-16(2)25-20(27)9-10-23-21(22-3)24-15-19(26-11-13-29-14-12-26)17-5-7-18(28-4)8-6-17;/h5-8,16,19H,9-15H2,1-4H3,(H,25,27)(H2,22,23,24);1H. The molecule has 1 aliphatic heterocycles. The van der Waals surface area contributed by atoms with E-state index < -0.39 is 0 Å². The second-order valence-corrected chi connectivity index (χ2v) is 7.29. The lowest BCUT2D eigenvalue weighted by Gasteiger charge is -2.35. The molecule has 0 aromatic heterocycles. The molecule has 30 heavy (non-hydrogen) atoms. The van der Waals surface area contributed by atoms with Gasteiger partial charge in [0.25, 0.3) is 0 Å². The van der Waals surface area contributed by atoms with Crippen molar-refractivity contribution in [3.05, 3.63) is 29.8 Å². The Kier molecular flexibility index (Phi) is 12.7. The van der Waals surface area contributed by atoms with Gasteiger partial charge in [0.05, 0.1) is 26.4 Å². The van der Waals surface area contributed by atoms with E-state index in [1.807, 2.05) is 26.0 Å². The fourth-order valence-corrected chi connectivity index (χ4v) is 3.28.